The van der Waals surface area contributed by atoms with Crippen LogP contribution in [-0.2, 0) is 4.79 Å². The first-order chi connectivity index (χ1) is 5.33. The molecular weight excluding hydrogens is 164 g/mol. The second kappa shape index (κ2) is 3.92. The van der Waals surface area contributed by atoms with Crippen LogP contribution in [0.4, 0.5) is 0 Å². The van der Waals surface area contributed by atoms with Gasteiger partial charge in [0.15, 0.2) is 0 Å². The van der Waals surface area contributed by atoms with Crippen molar-refractivity contribution in [1.82, 2.24) is 9.97 Å². The lowest BCUT2D eigenvalue weighted by atomic mass is 10.7. The first-order valence-electron chi connectivity index (χ1n) is 2.91. The molecular formula is C6H6N2O2S. The van der Waals surface area contributed by atoms with Gasteiger partial charge in [0.2, 0.25) is 0 Å². The van der Waals surface area contributed by atoms with Crippen molar-refractivity contribution >= 4 is 18.6 Å². The Morgan fingerprint density at radius 1 is 1.55 bits per heavy atom. The van der Waals surface area contributed by atoms with E-state index in [1.165, 1.54) is 12.4 Å². The molecule has 0 saturated carbocycles. The quantitative estimate of drug-likeness (QED) is 0.512. The maximum atomic E-state index is 10.6. The van der Waals surface area contributed by atoms with Gasteiger partial charge in [-0.15, -0.1) is 0 Å². The van der Waals surface area contributed by atoms with Crippen molar-refractivity contribution in [1.29, 1.82) is 0 Å². The minimum Gasteiger partial charge on any atom is -0.390 e. The highest BCUT2D eigenvalue weighted by molar-refractivity contribution is 7.81. The number of nitrogens with zero attached hydrogens (tertiary/aromatic N) is 2. The molecule has 0 aromatic carbocycles. The minimum absolute atomic E-state index is 0.0260. The number of carbonyl (C=O) groups excluding carboxylic acids is 1. The summed E-state index contributed by atoms with van der Waals surface area (Å²) in [4.78, 5) is 18.0. The zero-order valence-electron chi connectivity index (χ0n) is 5.60. The van der Waals surface area contributed by atoms with Gasteiger partial charge in [-0.2, -0.15) is 12.6 Å². The molecule has 0 spiro atoms. The average Bonchev–Trinajstić information content (AvgIpc) is 2.06. The number of esters is 1. The molecule has 0 aliphatic heterocycles. The molecule has 0 bridgehead atoms. The molecule has 58 valence electrons. The Labute approximate surface area is 69.0 Å². The summed E-state index contributed by atoms with van der Waals surface area (Å²) in [7, 11) is 0. The highest BCUT2D eigenvalue weighted by Gasteiger charge is 2.01. The smallest absolute Gasteiger partial charge is 0.324 e. The first-order valence-corrected chi connectivity index (χ1v) is 3.54. The van der Waals surface area contributed by atoms with Crippen molar-refractivity contribution in [2.45, 2.75) is 0 Å². The second-order valence-corrected chi connectivity index (χ2v) is 1.98. The van der Waals surface area contributed by atoms with Crippen LogP contribution in [0, 0.1) is 0 Å². The van der Waals surface area contributed by atoms with Crippen LogP contribution in [0.25, 0.3) is 0 Å². The maximum Gasteiger partial charge on any atom is 0.324 e. The number of carbonyl (C=O) groups is 1. The number of hydrogen-bond donors (Lipinski definition) is 1. The molecule has 0 atom stereocenters. The predicted molar refractivity (Wildman–Crippen MR) is 41.5 cm³/mol. The fourth-order valence-corrected chi connectivity index (χ4v) is 0.537. The molecule has 1 rings (SSSR count). The molecule has 0 aliphatic carbocycles. The van der Waals surface area contributed by atoms with E-state index in [4.69, 9.17) is 0 Å². The Bertz CT molecular complexity index is 240. The fourth-order valence-electron chi connectivity index (χ4n) is 0.472. The van der Waals surface area contributed by atoms with E-state index >= 15 is 0 Å². The minimum atomic E-state index is -0.459. The SMILES string of the molecule is O=C(CS)Oc1ncccn1. The summed E-state index contributed by atoms with van der Waals surface area (Å²) in [6, 6.07) is 1.70. The Morgan fingerprint density at radius 3 is 2.73 bits per heavy atom. The highest BCUT2D eigenvalue weighted by Crippen LogP contribution is 1.97. The lowest BCUT2D eigenvalue weighted by Crippen LogP contribution is -2.10. The summed E-state index contributed by atoms with van der Waals surface area (Å²) >= 11 is 3.72. The molecule has 0 amide bonds. The van der Waals surface area contributed by atoms with E-state index in [-0.39, 0.29) is 11.8 Å². The van der Waals surface area contributed by atoms with E-state index in [0.717, 1.165) is 0 Å². The Morgan fingerprint density at radius 2 is 2.18 bits per heavy atom. The molecule has 4 nitrogen and oxygen atoms in total. The lowest BCUT2D eigenvalue weighted by molar-refractivity contribution is -0.131. The van der Waals surface area contributed by atoms with Crippen molar-refractivity contribution in [3.63, 3.8) is 0 Å². The topological polar surface area (TPSA) is 52.1 Å². The van der Waals surface area contributed by atoms with Crippen LogP contribution in [0.5, 0.6) is 6.01 Å². The standard InChI is InChI=1S/C6H6N2O2S/c9-5(4-11)10-6-7-2-1-3-8-6/h1-3,11H,4H2. The van der Waals surface area contributed by atoms with Gasteiger partial charge in [0.1, 0.15) is 0 Å². The van der Waals surface area contributed by atoms with E-state index < -0.39 is 5.97 Å². The summed E-state index contributed by atoms with van der Waals surface area (Å²) in [5, 5.41) is 0. The van der Waals surface area contributed by atoms with Crippen molar-refractivity contribution in [2.24, 2.45) is 0 Å². The number of aromatic nitrogens is 2. The molecule has 1 aromatic heterocycles. The van der Waals surface area contributed by atoms with E-state index in [0.29, 0.717) is 0 Å². The van der Waals surface area contributed by atoms with E-state index in [9.17, 15) is 4.79 Å². The van der Waals surface area contributed by atoms with Crippen molar-refractivity contribution in [2.75, 3.05) is 5.75 Å². The van der Waals surface area contributed by atoms with Crippen LogP contribution < -0.4 is 4.74 Å². The monoisotopic (exact) mass is 170 g/mol. The van der Waals surface area contributed by atoms with Gasteiger partial charge in [-0.25, -0.2) is 9.97 Å². The van der Waals surface area contributed by atoms with Crippen LogP contribution >= 0.6 is 12.6 Å². The van der Waals surface area contributed by atoms with E-state index in [1.54, 1.807) is 6.07 Å². The van der Waals surface area contributed by atoms with Crippen molar-refractivity contribution in [3.8, 4) is 6.01 Å². The molecule has 0 fully saturated rings. The number of rotatable bonds is 2. The number of hydrogen-bond acceptors (Lipinski definition) is 5. The van der Waals surface area contributed by atoms with Crippen LogP contribution in [0.1, 0.15) is 0 Å². The summed E-state index contributed by atoms with van der Waals surface area (Å²) < 4.78 is 4.63. The first kappa shape index (κ1) is 8.00. The second-order valence-electron chi connectivity index (χ2n) is 1.66. The largest absolute Gasteiger partial charge is 0.390 e. The molecule has 5 heteroatoms. The molecule has 11 heavy (non-hydrogen) atoms. The molecule has 0 aliphatic rings. The molecule has 0 unspecified atom stereocenters. The van der Waals surface area contributed by atoms with E-state index in [1.807, 2.05) is 0 Å². The van der Waals surface area contributed by atoms with Gasteiger partial charge in [-0.05, 0) is 6.07 Å². The van der Waals surface area contributed by atoms with E-state index in [2.05, 4.69) is 27.3 Å². The molecule has 0 N–H and O–H groups in total. The third-order valence-corrected chi connectivity index (χ3v) is 1.13. The van der Waals surface area contributed by atoms with Crippen molar-refractivity contribution < 1.29 is 9.53 Å². The third-order valence-electron chi connectivity index (χ3n) is 0.876. The zero-order chi connectivity index (χ0) is 8.10. The van der Waals surface area contributed by atoms with Crippen LogP contribution in [-0.4, -0.2) is 21.7 Å². The van der Waals surface area contributed by atoms with Gasteiger partial charge in [0, 0.05) is 12.4 Å². The number of thiol groups is 1. The van der Waals surface area contributed by atoms with Gasteiger partial charge in [0.25, 0.3) is 0 Å². The Kier molecular flexibility index (Phi) is 2.85. The Balaban J connectivity index is 2.58. The normalized spacial score (nSPS) is 9.18. The maximum absolute atomic E-state index is 10.6. The predicted octanol–water partition coefficient (Wildman–Crippen LogP) is 0.312. The molecule has 1 aromatic rings. The fraction of sp³-hybridized carbons (Fsp3) is 0.167. The van der Waals surface area contributed by atoms with Gasteiger partial charge in [0.05, 0.1) is 5.75 Å². The summed E-state index contributed by atoms with van der Waals surface area (Å²) in [5.74, 6) is -0.433. The van der Waals surface area contributed by atoms with Gasteiger partial charge in [-0.1, -0.05) is 0 Å². The van der Waals surface area contributed by atoms with Crippen LogP contribution in [0.15, 0.2) is 18.5 Å². The van der Waals surface area contributed by atoms with Crippen LogP contribution in [0.2, 0.25) is 0 Å². The summed E-state index contributed by atoms with van der Waals surface area (Å²) in [6.45, 7) is 0. The van der Waals surface area contributed by atoms with Gasteiger partial charge in [-0.3, -0.25) is 4.79 Å². The lowest BCUT2D eigenvalue weighted by Gasteiger charge is -1.96. The highest BCUT2D eigenvalue weighted by atomic mass is 32.1. The summed E-state index contributed by atoms with van der Waals surface area (Å²) in [5.41, 5.74) is 0. The summed E-state index contributed by atoms with van der Waals surface area (Å²) in [6.07, 6.45) is 2.99. The van der Waals surface area contributed by atoms with Gasteiger partial charge >= 0.3 is 12.0 Å². The Hall–Kier alpha value is -1.10. The zero-order valence-corrected chi connectivity index (χ0v) is 6.49. The molecule has 1 heterocycles. The molecule has 0 radical (unpaired) electrons. The number of ether oxygens (including phenoxy) is 1. The average molecular weight is 170 g/mol. The van der Waals surface area contributed by atoms with Gasteiger partial charge < -0.3 is 4.74 Å². The van der Waals surface area contributed by atoms with Crippen molar-refractivity contribution in [3.05, 3.63) is 18.5 Å². The molecule has 0 saturated heterocycles. The third kappa shape index (κ3) is 2.55. The van der Waals surface area contributed by atoms with Crippen LogP contribution in [0.3, 0.4) is 0 Å².